The van der Waals surface area contributed by atoms with Gasteiger partial charge in [0.1, 0.15) is 0 Å². The Morgan fingerprint density at radius 1 is 1.46 bits per heavy atom. The number of hydrogen-bond donors (Lipinski definition) is 1. The van der Waals surface area contributed by atoms with Crippen LogP contribution < -0.4 is 0 Å². The molecule has 1 atom stereocenters. The minimum Gasteiger partial charge on any atom is -0.466 e. The average Bonchev–Trinajstić information content (AvgIpc) is 2.08. The standard InChI is InChI=1S/C8H16O4S/c1-2-6-12-8(9)5-3-4-7-13(10)11/h2-7H2,1H3,(H,10,11). The van der Waals surface area contributed by atoms with Gasteiger partial charge in [0.25, 0.3) is 0 Å². The lowest BCUT2D eigenvalue weighted by atomic mass is 10.2. The van der Waals surface area contributed by atoms with Crippen LogP contribution in [-0.2, 0) is 20.6 Å². The summed E-state index contributed by atoms with van der Waals surface area (Å²) in [5, 5.41) is 0. The van der Waals surface area contributed by atoms with Gasteiger partial charge in [-0.2, -0.15) is 0 Å². The van der Waals surface area contributed by atoms with Crippen LogP contribution in [0.3, 0.4) is 0 Å². The quantitative estimate of drug-likeness (QED) is 0.389. The molecule has 0 bridgehead atoms. The Balaban J connectivity index is 3.22. The van der Waals surface area contributed by atoms with Crippen molar-refractivity contribution in [3.05, 3.63) is 0 Å². The second kappa shape index (κ2) is 8.19. The monoisotopic (exact) mass is 208 g/mol. The predicted octanol–water partition coefficient (Wildman–Crippen LogP) is 1.33. The highest BCUT2D eigenvalue weighted by molar-refractivity contribution is 7.79. The van der Waals surface area contributed by atoms with Gasteiger partial charge in [-0.1, -0.05) is 6.92 Å². The third-order valence-corrected chi connectivity index (χ3v) is 2.05. The van der Waals surface area contributed by atoms with Gasteiger partial charge in [0.05, 0.1) is 6.61 Å². The summed E-state index contributed by atoms with van der Waals surface area (Å²) in [4.78, 5) is 10.9. The molecule has 0 spiro atoms. The van der Waals surface area contributed by atoms with E-state index in [0.29, 0.717) is 25.9 Å². The van der Waals surface area contributed by atoms with Crippen LogP contribution in [-0.4, -0.2) is 27.1 Å². The maximum Gasteiger partial charge on any atom is 0.305 e. The Labute approximate surface area is 80.9 Å². The second-order valence-electron chi connectivity index (χ2n) is 2.70. The van der Waals surface area contributed by atoms with Gasteiger partial charge in [0.15, 0.2) is 11.1 Å². The van der Waals surface area contributed by atoms with Crippen LogP contribution >= 0.6 is 0 Å². The van der Waals surface area contributed by atoms with Crippen molar-refractivity contribution in [2.24, 2.45) is 0 Å². The van der Waals surface area contributed by atoms with E-state index in [0.717, 1.165) is 6.42 Å². The van der Waals surface area contributed by atoms with Crippen molar-refractivity contribution in [2.45, 2.75) is 32.6 Å². The summed E-state index contributed by atoms with van der Waals surface area (Å²) in [6.45, 7) is 2.40. The lowest BCUT2D eigenvalue weighted by Crippen LogP contribution is -2.05. The third kappa shape index (κ3) is 9.49. The number of carbonyl (C=O) groups excluding carboxylic acids is 1. The molecule has 0 aromatic carbocycles. The van der Waals surface area contributed by atoms with Crippen molar-refractivity contribution >= 4 is 17.0 Å². The molecule has 4 nitrogen and oxygen atoms in total. The molecule has 1 N–H and O–H groups in total. The van der Waals surface area contributed by atoms with Crippen LogP contribution in [0.25, 0.3) is 0 Å². The fourth-order valence-corrected chi connectivity index (χ4v) is 1.23. The molecule has 5 heteroatoms. The van der Waals surface area contributed by atoms with Crippen LogP contribution in [0, 0.1) is 0 Å². The van der Waals surface area contributed by atoms with Gasteiger partial charge in [-0.3, -0.25) is 4.79 Å². The van der Waals surface area contributed by atoms with Crippen molar-refractivity contribution in [3.63, 3.8) is 0 Å². The van der Waals surface area contributed by atoms with E-state index < -0.39 is 11.1 Å². The third-order valence-electron chi connectivity index (χ3n) is 1.42. The van der Waals surface area contributed by atoms with Crippen LogP contribution in [0.5, 0.6) is 0 Å². The van der Waals surface area contributed by atoms with Crippen molar-refractivity contribution in [3.8, 4) is 0 Å². The van der Waals surface area contributed by atoms with Gasteiger partial charge in [-0.15, -0.1) is 0 Å². The highest BCUT2D eigenvalue weighted by atomic mass is 32.2. The average molecular weight is 208 g/mol. The Kier molecular flexibility index (Phi) is 7.93. The number of ether oxygens (including phenoxy) is 1. The maximum absolute atomic E-state index is 10.9. The molecule has 0 saturated carbocycles. The fraction of sp³-hybridized carbons (Fsp3) is 0.875. The molecule has 0 aromatic heterocycles. The Morgan fingerprint density at radius 2 is 2.15 bits per heavy atom. The summed E-state index contributed by atoms with van der Waals surface area (Å²) in [7, 11) is 0. The van der Waals surface area contributed by atoms with Gasteiger partial charge in [0.2, 0.25) is 0 Å². The van der Waals surface area contributed by atoms with E-state index in [9.17, 15) is 9.00 Å². The summed E-state index contributed by atoms with van der Waals surface area (Å²) in [6, 6.07) is 0. The first kappa shape index (κ1) is 12.6. The summed E-state index contributed by atoms with van der Waals surface area (Å²) in [5.41, 5.74) is 0. The molecule has 0 amide bonds. The normalized spacial score (nSPS) is 12.5. The first-order valence-corrected chi connectivity index (χ1v) is 5.67. The number of rotatable bonds is 7. The first-order chi connectivity index (χ1) is 6.16. The van der Waals surface area contributed by atoms with Crippen LogP contribution in [0.4, 0.5) is 0 Å². The van der Waals surface area contributed by atoms with Crippen molar-refractivity contribution in [1.29, 1.82) is 0 Å². The first-order valence-electron chi connectivity index (χ1n) is 4.40. The van der Waals surface area contributed by atoms with Crippen molar-refractivity contribution < 1.29 is 18.3 Å². The lowest BCUT2D eigenvalue weighted by Gasteiger charge is -2.01. The molecule has 0 rings (SSSR count). The smallest absolute Gasteiger partial charge is 0.305 e. The molecular weight excluding hydrogens is 192 g/mol. The van der Waals surface area contributed by atoms with E-state index >= 15 is 0 Å². The topological polar surface area (TPSA) is 63.6 Å². The minimum absolute atomic E-state index is 0.217. The fourth-order valence-electron chi connectivity index (χ4n) is 0.783. The summed E-state index contributed by atoms with van der Waals surface area (Å²) in [5.74, 6) is 0.0201. The molecular formula is C8H16O4S. The highest BCUT2D eigenvalue weighted by Crippen LogP contribution is 1.99. The van der Waals surface area contributed by atoms with Crippen molar-refractivity contribution in [2.75, 3.05) is 12.4 Å². The number of carbonyl (C=O) groups is 1. The minimum atomic E-state index is -1.74. The predicted molar refractivity (Wildman–Crippen MR) is 50.7 cm³/mol. The van der Waals surface area contributed by atoms with Gasteiger partial charge < -0.3 is 9.29 Å². The Hall–Kier alpha value is -0.420. The number of unbranched alkanes of at least 4 members (excludes halogenated alkanes) is 1. The zero-order valence-electron chi connectivity index (χ0n) is 7.82. The molecule has 78 valence electrons. The summed E-state index contributed by atoms with van der Waals surface area (Å²) >= 11 is -1.74. The molecule has 1 unspecified atom stereocenters. The number of hydrogen-bond acceptors (Lipinski definition) is 3. The van der Waals surface area contributed by atoms with Crippen LogP contribution in [0.15, 0.2) is 0 Å². The molecule has 0 fully saturated rings. The molecule has 0 radical (unpaired) electrons. The Bertz CT molecular complexity index is 170. The largest absolute Gasteiger partial charge is 0.466 e. The second-order valence-corrected chi connectivity index (χ2v) is 3.75. The van der Waals surface area contributed by atoms with Crippen LogP contribution in [0.1, 0.15) is 32.6 Å². The van der Waals surface area contributed by atoms with E-state index in [1.807, 2.05) is 6.92 Å². The van der Waals surface area contributed by atoms with Gasteiger partial charge >= 0.3 is 5.97 Å². The van der Waals surface area contributed by atoms with E-state index in [2.05, 4.69) is 0 Å². The SMILES string of the molecule is CCCOC(=O)CCCCS(=O)O. The molecule has 0 aliphatic rings. The van der Waals surface area contributed by atoms with Gasteiger partial charge in [0, 0.05) is 12.2 Å². The van der Waals surface area contributed by atoms with E-state index in [1.54, 1.807) is 0 Å². The van der Waals surface area contributed by atoms with E-state index in [-0.39, 0.29) is 11.7 Å². The zero-order chi connectivity index (χ0) is 10.1. The van der Waals surface area contributed by atoms with Gasteiger partial charge in [-0.05, 0) is 19.3 Å². The summed E-state index contributed by atoms with van der Waals surface area (Å²) in [6.07, 6.45) is 2.38. The van der Waals surface area contributed by atoms with Gasteiger partial charge in [-0.25, -0.2) is 4.21 Å². The molecule has 0 aromatic rings. The van der Waals surface area contributed by atoms with E-state index in [1.165, 1.54) is 0 Å². The van der Waals surface area contributed by atoms with Crippen LogP contribution in [0.2, 0.25) is 0 Å². The highest BCUT2D eigenvalue weighted by Gasteiger charge is 2.02. The number of esters is 1. The zero-order valence-corrected chi connectivity index (χ0v) is 8.64. The Morgan fingerprint density at radius 3 is 2.69 bits per heavy atom. The van der Waals surface area contributed by atoms with Crippen molar-refractivity contribution in [1.82, 2.24) is 0 Å². The molecule has 0 aliphatic heterocycles. The molecule has 0 saturated heterocycles. The molecule has 0 aliphatic carbocycles. The lowest BCUT2D eigenvalue weighted by molar-refractivity contribution is -0.143. The molecule has 13 heavy (non-hydrogen) atoms. The maximum atomic E-state index is 10.9. The molecule has 0 heterocycles. The van der Waals surface area contributed by atoms with E-state index in [4.69, 9.17) is 9.29 Å². The summed E-state index contributed by atoms with van der Waals surface area (Å²) < 4.78 is 23.4.